The van der Waals surface area contributed by atoms with Crippen LogP contribution in [0.1, 0.15) is 67.7 Å². The SMILES string of the molecule is CCC(O)(CC)C(C)C.CCC(O)C(C)C. The van der Waals surface area contributed by atoms with Crippen molar-refractivity contribution in [3.63, 3.8) is 0 Å². The van der Waals surface area contributed by atoms with Crippen LogP contribution >= 0.6 is 0 Å². The molecule has 0 heterocycles. The molecule has 0 aliphatic heterocycles. The van der Waals surface area contributed by atoms with Gasteiger partial charge in [-0.15, -0.1) is 0 Å². The van der Waals surface area contributed by atoms with Crippen molar-refractivity contribution in [3.05, 3.63) is 0 Å². The van der Waals surface area contributed by atoms with Crippen molar-refractivity contribution in [2.75, 3.05) is 0 Å². The molecule has 0 aromatic rings. The lowest BCUT2D eigenvalue weighted by Gasteiger charge is -2.29. The van der Waals surface area contributed by atoms with Crippen molar-refractivity contribution >= 4 is 0 Å². The van der Waals surface area contributed by atoms with Crippen molar-refractivity contribution in [1.82, 2.24) is 0 Å². The zero-order valence-corrected chi connectivity index (χ0v) is 12.2. The second-order valence-electron chi connectivity index (χ2n) is 5.18. The van der Waals surface area contributed by atoms with Gasteiger partial charge in [-0.05, 0) is 31.1 Å². The summed E-state index contributed by atoms with van der Waals surface area (Å²) < 4.78 is 0. The molecule has 100 valence electrons. The molecule has 0 rings (SSSR count). The summed E-state index contributed by atoms with van der Waals surface area (Å²) in [6.45, 7) is 14.2. The van der Waals surface area contributed by atoms with E-state index in [2.05, 4.69) is 13.8 Å². The van der Waals surface area contributed by atoms with Gasteiger partial charge in [-0.3, -0.25) is 0 Å². The lowest BCUT2D eigenvalue weighted by molar-refractivity contribution is -0.0121. The molecule has 1 unspecified atom stereocenters. The zero-order chi connectivity index (χ0) is 13.4. The Kier molecular flexibility index (Phi) is 10.3. The van der Waals surface area contributed by atoms with Gasteiger partial charge in [0, 0.05) is 0 Å². The van der Waals surface area contributed by atoms with E-state index in [0.717, 1.165) is 19.3 Å². The van der Waals surface area contributed by atoms with Gasteiger partial charge in [-0.2, -0.15) is 0 Å². The Morgan fingerprint density at radius 3 is 1.31 bits per heavy atom. The minimum atomic E-state index is -0.417. The molecule has 0 spiro atoms. The molecule has 2 heteroatoms. The predicted molar refractivity (Wildman–Crippen MR) is 71.5 cm³/mol. The van der Waals surface area contributed by atoms with Gasteiger partial charge in [-0.1, -0.05) is 48.5 Å². The van der Waals surface area contributed by atoms with Crippen LogP contribution in [0, 0.1) is 11.8 Å². The monoisotopic (exact) mass is 232 g/mol. The molecule has 16 heavy (non-hydrogen) atoms. The topological polar surface area (TPSA) is 40.5 Å². The Morgan fingerprint density at radius 2 is 1.31 bits per heavy atom. The third-order valence-electron chi connectivity index (χ3n) is 3.49. The summed E-state index contributed by atoms with van der Waals surface area (Å²) in [6.07, 6.45) is 2.50. The molecule has 0 aliphatic rings. The van der Waals surface area contributed by atoms with E-state index in [9.17, 15) is 5.11 Å². The van der Waals surface area contributed by atoms with Crippen LogP contribution < -0.4 is 0 Å². The van der Waals surface area contributed by atoms with Gasteiger partial charge >= 0.3 is 0 Å². The maximum atomic E-state index is 9.71. The predicted octanol–water partition coefficient (Wildman–Crippen LogP) is 3.61. The van der Waals surface area contributed by atoms with E-state index in [1.807, 2.05) is 34.6 Å². The van der Waals surface area contributed by atoms with Crippen LogP contribution in [0.5, 0.6) is 0 Å². The third-order valence-corrected chi connectivity index (χ3v) is 3.49. The summed E-state index contributed by atoms with van der Waals surface area (Å²) in [5.41, 5.74) is -0.417. The average molecular weight is 232 g/mol. The van der Waals surface area contributed by atoms with Gasteiger partial charge in [-0.25, -0.2) is 0 Å². The van der Waals surface area contributed by atoms with Gasteiger partial charge in [0.25, 0.3) is 0 Å². The van der Waals surface area contributed by atoms with E-state index in [4.69, 9.17) is 5.11 Å². The molecule has 2 N–H and O–H groups in total. The summed E-state index contributed by atoms with van der Waals surface area (Å²) >= 11 is 0. The molecular formula is C14H32O2. The van der Waals surface area contributed by atoms with Crippen molar-refractivity contribution in [2.24, 2.45) is 11.8 Å². The standard InChI is InChI=1S/C8H18O.C6H14O/c1-5-8(9,6-2)7(3)4;1-4-6(7)5(2)3/h7,9H,5-6H2,1-4H3;5-7H,4H2,1-3H3. The number of hydrogen-bond acceptors (Lipinski definition) is 2. The Hall–Kier alpha value is -0.0800. The van der Waals surface area contributed by atoms with Gasteiger partial charge in [0.05, 0.1) is 11.7 Å². The van der Waals surface area contributed by atoms with E-state index in [1.54, 1.807) is 0 Å². The molecule has 1 atom stereocenters. The van der Waals surface area contributed by atoms with Crippen molar-refractivity contribution in [1.29, 1.82) is 0 Å². The van der Waals surface area contributed by atoms with Crippen LogP contribution in [0.2, 0.25) is 0 Å². The molecule has 0 saturated carbocycles. The normalized spacial score (nSPS) is 13.7. The first-order valence-electron chi connectivity index (χ1n) is 6.65. The average Bonchev–Trinajstić information content (AvgIpc) is 2.27. The molecule has 0 bridgehead atoms. The Morgan fingerprint density at radius 1 is 0.938 bits per heavy atom. The number of aliphatic hydroxyl groups excluding tert-OH is 1. The first-order valence-corrected chi connectivity index (χ1v) is 6.65. The van der Waals surface area contributed by atoms with Crippen LogP contribution in [0.4, 0.5) is 0 Å². The van der Waals surface area contributed by atoms with E-state index in [0.29, 0.717) is 11.8 Å². The van der Waals surface area contributed by atoms with E-state index in [1.165, 1.54) is 0 Å². The molecule has 0 amide bonds. The molecular weight excluding hydrogens is 200 g/mol. The molecule has 0 saturated heterocycles. The van der Waals surface area contributed by atoms with E-state index in [-0.39, 0.29) is 6.10 Å². The molecule has 0 aliphatic carbocycles. The summed E-state index contributed by atoms with van der Waals surface area (Å²) in [7, 11) is 0. The van der Waals surface area contributed by atoms with Gasteiger partial charge in [0.1, 0.15) is 0 Å². The molecule has 0 radical (unpaired) electrons. The highest BCUT2D eigenvalue weighted by molar-refractivity contribution is 4.77. The Balaban J connectivity index is 0. The fraction of sp³-hybridized carbons (Fsp3) is 1.00. The van der Waals surface area contributed by atoms with Crippen LogP contribution in [0.25, 0.3) is 0 Å². The van der Waals surface area contributed by atoms with Crippen molar-refractivity contribution in [3.8, 4) is 0 Å². The largest absolute Gasteiger partial charge is 0.393 e. The van der Waals surface area contributed by atoms with E-state index >= 15 is 0 Å². The Bertz CT molecular complexity index is 149. The third kappa shape index (κ3) is 7.24. The quantitative estimate of drug-likeness (QED) is 0.760. The summed E-state index contributed by atoms with van der Waals surface area (Å²) in [5, 5.41) is 18.6. The molecule has 0 fully saturated rings. The van der Waals surface area contributed by atoms with Gasteiger partial charge in [0.15, 0.2) is 0 Å². The minimum Gasteiger partial charge on any atom is -0.393 e. The Labute approximate surface area is 102 Å². The maximum absolute atomic E-state index is 9.71. The van der Waals surface area contributed by atoms with Crippen LogP contribution in [0.3, 0.4) is 0 Å². The molecule has 2 nitrogen and oxygen atoms in total. The van der Waals surface area contributed by atoms with Crippen LogP contribution in [-0.4, -0.2) is 21.9 Å². The molecule has 0 aromatic carbocycles. The molecule has 0 aromatic heterocycles. The fourth-order valence-electron chi connectivity index (χ4n) is 1.54. The van der Waals surface area contributed by atoms with E-state index < -0.39 is 5.60 Å². The summed E-state index contributed by atoms with van der Waals surface area (Å²) in [6, 6.07) is 0. The second-order valence-corrected chi connectivity index (χ2v) is 5.18. The fourth-order valence-corrected chi connectivity index (χ4v) is 1.54. The lowest BCUT2D eigenvalue weighted by Crippen LogP contribution is -2.32. The highest BCUT2D eigenvalue weighted by Crippen LogP contribution is 2.23. The first-order chi connectivity index (χ1) is 7.25. The number of hydrogen-bond donors (Lipinski definition) is 2. The number of rotatable bonds is 5. The summed E-state index contributed by atoms with van der Waals surface area (Å²) in [4.78, 5) is 0. The maximum Gasteiger partial charge on any atom is 0.0665 e. The highest BCUT2D eigenvalue weighted by atomic mass is 16.3. The minimum absolute atomic E-state index is 0.0972. The number of aliphatic hydroxyl groups is 2. The van der Waals surface area contributed by atoms with Crippen LogP contribution in [0.15, 0.2) is 0 Å². The first kappa shape index (κ1) is 18.3. The second kappa shape index (κ2) is 9.00. The highest BCUT2D eigenvalue weighted by Gasteiger charge is 2.25. The van der Waals surface area contributed by atoms with Crippen molar-refractivity contribution in [2.45, 2.75) is 79.4 Å². The summed E-state index contributed by atoms with van der Waals surface area (Å²) in [5.74, 6) is 0.803. The smallest absolute Gasteiger partial charge is 0.0665 e. The van der Waals surface area contributed by atoms with Crippen LogP contribution in [-0.2, 0) is 0 Å². The van der Waals surface area contributed by atoms with Gasteiger partial charge in [0.2, 0.25) is 0 Å². The van der Waals surface area contributed by atoms with Gasteiger partial charge < -0.3 is 10.2 Å². The zero-order valence-electron chi connectivity index (χ0n) is 12.2. The lowest BCUT2D eigenvalue weighted by atomic mass is 9.86. The van der Waals surface area contributed by atoms with Crippen molar-refractivity contribution < 1.29 is 10.2 Å².